The Balaban J connectivity index is 1.54. The molecular weight excluding hydrogens is 252 g/mol. The molecule has 2 saturated heterocycles. The molecule has 0 radical (unpaired) electrons. The highest BCUT2D eigenvalue weighted by atomic mass is 16.6. The highest BCUT2D eigenvalue weighted by Crippen LogP contribution is 2.25. The van der Waals surface area contributed by atoms with Crippen molar-refractivity contribution in [2.24, 2.45) is 5.92 Å². The molecule has 2 heterocycles. The highest BCUT2D eigenvalue weighted by molar-refractivity contribution is 4.85. The third-order valence-corrected chi connectivity index (χ3v) is 3.15. The Kier molecular flexibility index (Phi) is 6.49. The summed E-state index contributed by atoms with van der Waals surface area (Å²) in [6.45, 7) is 6.42. The van der Waals surface area contributed by atoms with Crippen molar-refractivity contribution in [3.8, 4) is 0 Å². The van der Waals surface area contributed by atoms with E-state index in [0.29, 0.717) is 33.0 Å². The van der Waals surface area contributed by atoms with E-state index in [4.69, 9.17) is 28.8 Å². The van der Waals surface area contributed by atoms with Crippen LogP contribution in [0.1, 0.15) is 6.92 Å². The first-order chi connectivity index (χ1) is 9.31. The Labute approximate surface area is 113 Å². The first-order valence-corrected chi connectivity index (χ1v) is 6.92. The van der Waals surface area contributed by atoms with Crippen molar-refractivity contribution in [1.29, 1.82) is 0 Å². The van der Waals surface area contributed by atoms with Gasteiger partial charge in [0.15, 0.2) is 0 Å². The van der Waals surface area contributed by atoms with Gasteiger partial charge in [-0.05, 0) is 0 Å². The SMILES string of the molecule is CC(COCCOCCO)C(OCC1CO1)C1CO1. The van der Waals surface area contributed by atoms with Crippen molar-refractivity contribution in [2.45, 2.75) is 25.2 Å². The quantitative estimate of drug-likeness (QED) is 0.394. The molecule has 6 heteroatoms. The average Bonchev–Trinajstić information content (AvgIpc) is 3.26. The lowest BCUT2D eigenvalue weighted by atomic mass is 10.0. The molecule has 2 aliphatic heterocycles. The molecular formula is C13H24O6. The molecule has 112 valence electrons. The first-order valence-electron chi connectivity index (χ1n) is 6.92. The highest BCUT2D eigenvalue weighted by Gasteiger charge is 2.38. The van der Waals surface area contributed by atoms with E-state index in [9.17, 15) is 0 Å². The standard InChI is InChI=1S/C13H24O6/c1-10(6-16-5-4-15-3-2-14)13(12-9-18-12)19-8-11-7-17-11/h10-14H,2-9H2,1H3. The molecule has 1 N–H and O–H groups in total. The van der Waals surface area contributed by atoms with Crippen LogP contribution in [0.3, 0.4) is 0 Å². The summed E-state index contributed by atoms with van der Waals surface area (Å²) in [6.07, 6.45) is 0.576. The van der Waals surface area contributed by atoms with E-state index in [1.165, 1.54) is 0 Å². The predicted molar refractivity (Wildman–Crippen MR) is 67.1 cm³/mol. The molecule has 4 atom stereocenters. The number of hydrogen-bond acceptors (Lipinski definition) is 6. The van der Waals surface area contributed by atoms with Crippen molar-refractivity contribution >= 4 is 0 Å². The normalized spacial score (nSPS) is 28.1. The molecule has 2 fully saturated rings. The van der Waals surface area contributed by atoms with Gasteiger partial charge >= 0.3 is 0 Å². The maximum absolute atomic E-state index is 8.55. The lowest BCUT2D eigenvalue weighted by molar-refractivity contribution is -0.0428. The predicted octanol–water partition coefficient (Wildman–Crippen LogP) is -0.169. The summed E-state index contributed by atoms with van der Waals surface area (Å²) in [5.74, 6) is 0.282. The average molecular weight is 276 g/mol. The van der Waals surface area contributed by atoms with Crippen LogP contribution in [0.25, 0.3) is 0 Å². The molecule has 2 rings (SSSR count). The van der Waals surface area contributed by atoms with E-state index in [1.54, 1.807) is 0 Å². The smallest absolute Gasteiger partial charge is 0.107 e. The van der Waals surface area contributed by atoms with Gasteiger partial charge in [0.2, 0.25) is 0 Å². The summed E-state index contributed by atoms with van der Waals surface area (Å²) < 4.78 is 27.0. The fourth-order valence-electron chi connectivity index (χ4n) is 1.91. The van der Waals surface area contributed by atoms with Gasteiger partial charge in [-0.15, -0.1) is 0 Å². The van der Waals surface area contributed by atoms with Gasteiger partial charge in [0.1, 0.15) is 12.2 Å². The molecule has 0 amide bonds. The Hall–Kier alpha value is -0.240. The topological polar surface area (TPSA) is 73.0 Å². The van der Waals surface area contributed by atoms with Gasteiger partial charge in [-0.3, -0.25) is 0 Å². The Morgan fingerprint density at radius 3 is 2.53 bits per heavy atom. The molecule has 0 saturated carbocycles. The van der Waals surface area contributed by atoms with E-state index < -0.39 is 0 Å². The second-order valence-corrected chi connectivity index (χ2v) is 5.01. The van der Waals surface area contributed by atoms with Gasteiger partial charge in [-0.1, -0.05) is 6.92 Å². The molecule has 0 bridgehead atoms. The van der Waals surface area contributed by atoms with E-state index in [-0.39, 0.29) is 30.8 Å². The lowest BCUT2D eigenvalue weighted by Gasteiger charge is -2.22. The van der Waals surface area contributed by atoms with Crippen LogP contribution in [0.15, 0.2) is 0 Å². The number of ether oxygens (including phenoxy) is 5. The molecule has 6 nitrogen and oxygen atoms in total. The molecule has 4 unspecified atom stereocenters. The second-order valence-electron chi connectivity index (χ2n) is 5.01. The third kappa shape index (κ3) is 6.16. The number of aliphatic hydroxyl groups excluding tert-OH is 1. The lowest BCUT2D eigenvalue weighted by Crippen LogP contribution is -2.32. The van der Waals surface area contributed by atoms with Crippen LogP contribution in [0.4, 0.5) is 0 Å². The third-order valence-electron chi connectivity index (χ3n) is 3.15. The van der Waals surface area contributed by atoms with Crippen LogP contribution in [0, 0.1) is 5.92 Å². The summed E-state index contributed by atoms with van der Waals surface area (Å²) >= 11 is 0. The van der Waals surface area contributed by atoms with Gasteiger partial charge in [-0.2, -0.15) is 0 Å². The van der Waals surface area contributed by atoms with E-state index >= 15 is 0 Å². The van der Waals surface area contributed by atoms with Crippen molar-refractivity contribution in [2.75, 3.05) is 52.9 Å². The van der Waals surface area contributed by atoms with Crippen molar-refractivity contribution in [3.05, 3.63) is 0 Å². The van der Waals surface area contributed by atoms with Crippen molar-refractivity contribution in [3.63, 3.8) is 0 Å². The van der Waals surface area contributed by atoms with Gasteiger partial charge < -0.3 is 28.8 Å². The summed E-state index contributed by atoms with van der Waals surface area (Å²) in [4.78, 5) is 0. The maximum Gasteiger partial charge on any atom is 0.107 e. The van der Waals surface area contributed by atoms with Crippen LogP contribution in [0.2, 0.25) is 0 Å². The minimum Gasteiger partial charge on any atom is -0.394 e. The van der Waals surface area contributed by atoms with Crippen LogP contribution < -0.4 is 0 Å². The molecule has 2 aliphatic rings. The van der Waals surface area contributed by atoms with E-state index in [1.807, 2.05) is 0 Å². The number of hydrogen-bond donors (Lipinski definition) is 1. The summed E-state index contributed by atoms with van der Waals surface area (Å²) in [7, 11) is 0. The summed E-state index contributed by atoms with van der Waals surface area (Å²) in [6, 6.07) is 0. The first kappa shape index (κ1) is 15.2. The van der Waals surface area contributed by atoms with Crippen LogP contribution >= 0.6 is 0 Å². The van der Waals surface area contributed by atoms with Crippen molar-refractivity contribution in [1.82, 2.24) is 0 Å². The van der Waals surface area contributed by atoms with Gasteiger partial charge in [0.25, 0.3) is 0 Å². The Morgan fingerprint density at radius 1 is 1.16 bits per heavy atom. The van der Waals surface area contributed by atoms with Crippen LogP contribution in [0.5, 0.6) is 0 Å². The molecule has 0 spiro atoms. The number of epoxide rings is 2. The largest absolute Gasteiger partial charge is 0.394 e. The summed E-state index contributed by atoms with van der Waals surface area (Å²) in [5, 5.41) is 8.55. The summed E-state index contributed by atoms with van der Waals surface area (Å²) in [5.41, 5.74) is 0. The molecule has 0 aromatic carbocycles. The zero-order valence-corrected chi connectivity index (χ0v) is 11.5. The Bertz CT molecular complexity index is 241. The van der Waals surface area contributed by atoms with E-state index in [2.05, 4.69) is 6.92 Å². The van der Waals surface area contributed by atoms with Crippen LogP contribution in [-0.4, -0.2) is 76.3 Å². The van der Waals surface area contributed by atoms with Gasteiger partial charge in [0.05, 0.1) is 59.0 Å². The fraction of sp³-hybridized carbons (Fsp3) is 1.00. The fourth-order valence-corrected chi connectivity index (χ4v) is 1.91. The minimum atomic E-state index is 0.0502. The monoisotopic (exact) mass is 276 g/mol. The van der Waals surface area contributed by atoms with Crippen LogP contribution in [-0.2, 0) is 23.7 Å². The maximum atomic E-state index is 8.55. The molecule has 0 aromatic heterocycles. The zero-order chi connectivity index (χ0) is 13.5. The molecule has 19 heavy (non-hydrogen) atoms. The Morgan fingerprint density at radius 2 is 1.89 bits per heavy atom. The zero-order valence-electron chi connectivity index (χ0n) is 11.5. The molecule has 0 aromatic rings. The van der Waals surface area contributed by atoms with E-state index in [0.717, 1.165) is 13.2 Å². The number of rotatable bonds is 12. The number of aliphatic hydroxyl groups is 1. The molecule has 0 aliphatic carbocycles. The minimum absolute atomic E-state index is 0.0502. The van der Waals surface area contributed by atoms with Crippen molar-refractivity contribution < 1.29 is 28.8 Å². The van der Waals surface area contributed by atoms with Gasteiger partial charge in [0, 0.05) is 5.92 Å². The second kappa shape index (κ2) is 8.14. The van der Waals surface area contributed by atoms with Gasteiger partial charge in [-0.25, -0.2) is 0 Å².